The molecule has 1 saturated carbocycles. The van der Waals surface area contributed by atoms with Gasteiger partial charge >= 0.3 is 0 Å². The number of methoxy groups -OCH3 is 1. The molecule has 0 aliphatic heterocycles. The van der Waals surface area contributed by atoms with Crippen molar-refractivity contribution >= 4 is 0 Å². The number of nitrogens with one attached hydrogen (secondary N) is 1. The predicted molar refractivity (Wildman–Crippen MR) is 63.5 cm³/mol. The summed E-state index contributed by atoms with van der Waals surface area (Å²) in [5.74, 6) is 0.922. The Balaban J connectivity index is 1.96. The number of ether oxygens (including phenoxy) is 1. The van der Waals surface area contributed by atoms with Crippen LogP contribution in [-0.4, -0.2) is 40.5 Å². The molecule has 1 fully saturated rings. The van der Waals surface area contributed by atoms with Gasteiger partial charge in [-0.05, 0) is 30.2 Å². The molecule has 1 aromatic heterocycles. The fourth-order valence-electron chi connectivity index (χ4n) is 2.46. The SMILES string of the molecule is COCCNCc1nnnn1C1(C)CCCC1. The maximum Gasteiger partial charge on any atom is 0.165 e. The van der Waals surface area contributed by atoms with Gasteiger partial charge in [0.2, 0.25) is 0 Å². The maximum absolute atomic E-state index is 4.99. The summed E-state index contributed by atoms with van der Waals surface area (Å²) < 4.78 is 6.99. The van der Waals surface area contributed by atoms with Crippen molar-refractivity contribution in [2.45, 2.75) is 44.7 Å². The van der Waals surface area contributed by atoms with Crippen molar-refractivity contribution in [3.8, 4) is 0 Å². The summed E-state index contributed by atoms with van der Waals surface area (Å²) >= 11 is 0. The molecule has 1 aliphatic rings. The molecule has 6 nitrogen and oxygen atoms in total. The third kappa shape index (κ3) is 2.81. The van der Waals surface area contributed by atoms with Gasteiger partial charge in [-0.3, -0.25) is 0 Å². The topological polar surface area (TPSA) is 64.9 Å². The van der Waals surface area contributed by atoms with Crippen LogP contribution in [0.2, 0.25) is 0 Å². The van der Waals surface area contributed by atoms with Gasteiger partial charge in [0.15, 0.2) is 5.82 Å². The lowest BCUT2D eigenvalue weighted by Crippen LogP contribution is -2.31. The van der Waals surface area contributed by atoms with Crippen LogP contribution in [0.25, 0.3) is 0 Å². The Morgan fingerprint density at radius 3 is 2.88 bits per heavy atom. The van der Waals surface area contributed by atoms with E-state index in [4.69, 9.17) is 4.74 Å². The average Bonchev–Trinajstić information content (AvgIpc) is 2.94. The minimum absolute atomic E-state index is 0.113. The molecule has 2 rings (SSSR count). The summed E-state index contributed by atoms with van der Waals surface area (Å²) in [5.41, 5.74) is 0.113. The Labute approximate surface area is 102 Å². The Hall–Kier alpha value is -1.01. The molecule has 0 spiro atoms. The number of hydrogen-bond acceptors (Lipinski definition) is 5. The molecule has 0 amide bonds. The monoisotopic (exact) mass is 239 g/mol. The van der Waals surface area contributed by atoms with Gasteiger partial charge in [-0.25, -0.2) is 4.68 Å². The standard InChI is InChI=1S/C11H21N5O/c1-11(5-3-4-6-11)16-10(13-14-15-16)9-12-7-8-17-2/h12H,3-9H2,1-2H3. The molecular weight excluding hydrogens is 218 g/mol. The lowest BCUT2D eigenvalue weighted by atomic mass is 10.0. The maximum atomic E-state index is 4.99. The van der Waals surface area contributed by atoms with Gasteiger partial charge < -0.3 is 10.1 Å². The van der Waals surface area contributed by atoms with Gasteiger partial charge in [-0.15, -0.1) is 5.10 Å². The van der Waals surface area contributed by atoms with Crippen LogP contribution in [0.3, 0.4) is 0 Å². The first-order valence-corrected chi connectivity index (χ1v) is 6.24. The van der Waals surface area contributed by atoms with Crippen LogP contribution in [-0.2, 0) is 16.8 Å². The van der Waals surface area contributed by atoms with Crippen molar-refractivity contribution in [1.29, 1.82) is 0 Å². The van der Waals surface area contributed by atoms with Crippen LogP contribution < -0.4 is 5.32 Å². The van der Waals surface area contributed by atoms with Crippen LogP contribution >= 0.6 is 0 Å². The van der Waals surface area contributed by atoms with E-state index >= 15 is 0 Å². The molecule has 1 N–H and O–H groups in total. The fourth-order valence-corrected chi connectivity index (χ4v) is 2.46. The highest BCUT2D eigenvalue weighted by atomic mass is 16.5. The van der Waals surface area contributed by atoms with E-state index in [1.807, 2.05) is 4.68 Å². The van der Waals surface area contributed by atoms with Gasteiger partial charge in [0.25, 0.3) is 0 Å². The summed E-state index contributed by atoms with van der Waals surface area (Å²) in [6, 6.07) is 0. The van der Waals surface area contributed by atoms with Crippen molar-refractivity contribution in [3.05, 3.63) is 5.82 Å². The highest BCUT2D eigenvalue weighted by Gasteiger charge is 2.33. The second-order valence-electron chi connectivity index (χ2n) is 4.88. The van der Waals surface area contributed by atoms with Crippen LogP contribution in [0.15, 0.2) is 0 Å². The fraction of sp³-hybridized carbons (Fsp3) is 0.909. The first-order valence-electron chi connectivity index (χ1n) is 6.24. The van der Waals surface area contributed by atoms with Gasteiger partial charge in [0, 0.05) is 13.7 Å². The van der Waals surface area contributed by atoms with Crippen molar-refractivity contribution in [2.75, 3.05) is 20.3 Å². The first-order chi connectivity index (χ1) is 8.26. The van der Waals surface area contributed by atoms with E-state index in [0.717, 1.165) is 12.4 Å². The van der Waals surface area contributed by atoms with E-state index in [2.05, 4.69) is 27.8 Å². The largest absolute Gasteiger partial charge is 0.383 e. The normalized spacial score (nSPS) is 18.7. The summed E-state index contributed by atoms with van der Waals surface area (Å²) in [4.78, 5) is 0. The number of rotatable bonds is 6. The van der Waals surface area contributed by atoms with Crippen molar-refractivity contribution in [1.82, 2.24) is 25.5 Å². The summed E-state index contributed by atoms with van der Waals surface area (Å²) in [6.07, 6.45) is 4.88. The van der Waals surface area contributed by atoms with E-state index in [-0.39, 0.29) is 5.54 Å². The molecular formula is C11H21N5O. The highest BCUT2D eigenvalue weighted by Crippen LogP contribution is 2.35. The Bertz CT molecular complexity index is 345. The molecule has 0 bridgehead atoms. The van der Waals surface area contributed by atoms with E-state index in [1.54, 1.807) is 7.11 Å². The molecule has 0 saturated heterocycles. The molecule has 96 valence electrons. The van der Waals surface area contributed by atoms with Crippen LogP contribution in [0.1, 0.15) is 38.4 Å². The van der Waals surface area contributed by atoms with E-state index < -0.39 is 0 Å². The number of nitrogens with zero attached hydrogens (tertiary/aromatic N) is 4. The number of hydrogen-bond donors (Lipinski definition) is 1. The van der Waals surface area contributed by atoms with Crippen molar-refractivity contribution in [3.63, 3.8) is 0 Å². The number of tetrazole rings is 1. The van der Waals surface area contributed by atoms with Crippen LogP contribution in [0, 0.1) is 0 Å². The smallest absolute Gasteiger partial charge is 0.165 e. The average molecular weight is 239 g/mol. The lowest BCUT2D eigenvalue weighted by molar-refractivity contribution is 0.198. The third-order valence-corrected chi connectivity index (χ3v) is 3.49. The molecule has 1 aromatic rings. The summed E-state index contributed by atoms with van der Waals surface area (Å²) in [5, 5.41) is 15.3. The highest BCUT2D eigenvalue weighted by molar-refractivity contribution is 4.93. The van der Waals surface area contributed by atoms with Gasteiger partial charge in [-0.1, -0.05) is 12.8 Å². The molecule has 0 atom stereocenters. The molecule has 6 heteroatoms. The van der Waals surface area contributed by atoms with E-state index in [9.17, 15) is 0 Å². The lowest BCUT2D eigenvalue weighted by Gasteiger charge is -2.24. The Morgan fingerprint density at radius 1 is 1.41 bits per heavy atom. The second kappa shape index (κ2) is 5.55. The van der Waals surface area contributed by atoms with Gasteiger partial charge in [0.05, 0.1) is 18.7 Å². The Kier molecular flexibility index (Phi) is 4.06. The summed E-state index contributed by atoms with van der Waals surface area (Å²) in [7, 11) is 1.70. The second-order valence-corrected chi connectivity index (χ2v) is 4.88. The molecule has 0 unspecified atom stereocenters. The minimum atomic E-state index is 0.113. The van der Waals surface area contributed by atoms with Crippen LogP contribution in [0.5, 0.6) is 0 Å². The van der Waals surface area contributed by atoms with E-state index in [0.29, 0.717) is 13.2 Å². The quantitative estimate of drug-likeness (QED) is 0.740. The third-order valence-electron chi connectivity index (χ3n) is 3.49. The molecule has 1 heterocycles. The molecule has 0 aromatic carbocycles. The zero-order valence-corrected chi connectivity index (χ0v) is 10.6. The minimum Gasteiger partial charge on any atom is -0.383 e. The predicted octanol–water partition coefficient (Wildman–Crippen LogP) is 0.698. The molecule has 1 aliphatic carbocycles. The first kappa shape index (κ1) is 12.4. The molecule has 17 heavy (non-hydrogen) atoms. The zero-order chi connectivity index (χ0) is 12.1. The van der Waals surface area contributed by atoms with E-state index in [1.165, 1.54) is 25.7 Å². The summed E-state index contributed by atoms with van der Waals surface area (Å²) in [6.45, 7) is 4.47. The Morgan fingerprint density at radius 2 is 2.18 bits per heavy atom. The van der Waals surface area contributed by atoms with Crippen molar-refractivity contribution in [2.24, 2.45) is 0 Å². The van der Waals surface area contributed by atoms with Gasteiger partial charge in [-0.2, -0.15) is 0 Å². The molecule has 0 radical (unpaired) electrons. The van der Waals surface area contributed by atoms with Gasteiger partial charge in [0.1, 0.15) is 0 Å². The van der Waals surface area contributed by atoms with Crippen LogP contribution in [0.4, 0.5) is 0 Å². The number of aromatic nitrogens is 4. The van der Waals surface area contributed by atoms with Crippen molar-refractivity contribution < 1.29 is 4.74 Å². The zero-order valence-electron chi connectivity index (χ0n) is 10.6.